The van der Waals surface area contributed by atoms with Gasteiger partial charge in [0.1, 0.15) is 5.03 Å². The van der Waals surface area contributed by atoms with E-state index >= 15 is 0 Å². The second-order valence-corrected chi connectivity index (χ2v) is 5.70. The summed E-state index contributed by atoms with van der Waals surface area (Å²) in [6, 6.07) is 5.98. The maximum absolute atomic E-state index is 5.97. The fourth-order valence-electron chi connectivity index (χ4n) is 1.41. The summed E-state index contributed by atoms with van der Waals surface area (Å²) in [5, 5.41) is 4.50. The number of thioether (sulfide) groups is 1. The number of nitrogens with one attached hydrogen (secondary N) is 1. The third-order valence-electron chi connectivity index (χ3n) is 2.32. The minimum atomic E-state index is 0.547. The minimum absolute atomic E-state index is 0.547. The zero-order valence-corrected chi connectivity index (χ0v) is 13.0. The lowest BCUT2D eigenvalue weighted by Gasteiger charge is -2.08. The van der Waals surface area contributed by atoms with Crippen LogP contribution in [0.15, 0.2) is 33.9 Å². The van der Waals surface area contributed by atoms with Crippen molar-refractivity contribution in [1.29, 1.82) is 0 Å². The topological polar surface area (TPSA) is 37.8 Å². The first-order valence-corrected chi connectivity index (χ1v) is 7.59. The highest BCUT2D eigenvalue weighted by atomic mass is 79.9. The molecular formula is C12H11BrClN3S. The summed E-state index contributed by atoms with van der Waals surface area (Å²) in [7, 11) is 0. The van der Waals surface area contributed by atoms with Crippen molar-refractivity contribution in [2.24, 2.45) is 0 Å². The maximum Gasteiger partial charge on any atom is 0.228 e. The predicted octanol–water partition coefficient (Wildman–Crippen LogP) is 4.67. The zero-order chi connectivity index (χ0) is 13.1. The van der Waals surface area contributed by atoms with E-state index in [1.165, 1.54) is 11.8 Å². The molecule has 2 aromatic rings. The van der Waals surface area contributed by atoms with Crippen LogP contribution in [-0.2, 0) is 0 Å². The Labute approximate surface area is 124 Å². The van der Waals surface area contributed by atoms with Crippen LogP contribution in [0.25, 0.3) is 0 Å². The summed E-state index contributed by atoms with van der Waals surface area (Å²) < 4.78 is 1.08. The Morgan fingerprint density at radius 3 is 2.83 bits per heavy atom. The maximum atomic E-state index is 5.97. The number of anilines is 2. The van der Waals surface area contributed by atoms with E-state index in [1.807, 2.05) is 31.4 Å². The number of benzene rings is 1. The average molecular weight is 345 g/mol. The molecule has 3 nitrogen and oxygen atoms in total. The fraction of sp³-hybridized carbons (Fsp3) is 0.167. The molecule has 18 heavy (non-hydrogen) atoms. The minimum Gasteiger partial charge on any atom is -0.324 e. The van der Waals surface area contributed by atoms with Gasteiger partial charge in [0.05, 0.1) is 11.2 Å². The van der Waals surface area contributed by atoms with Gasteiger partial charge in [0, 0.05) is 10.2 Å². The molecule has 0 bridgehead atoms. The molecule has 0 fully saturated rings. The molecule has 0 saturated carbocycles. The van der Waals surface area contributed by atoms with Crippen molar-refractivity contribution in [2.75, 3.05) is 11.6 Å². The second kappa shape index (κ2) is 5.91. The van der Waals surface area contributed by atoms with Crippen LogP contribution in [0.1, 0.15) is 5.56 Å². The van der Waals surface area contributed by atoms with Crippen LogP contribution in [0, 0.1) is 6.92 Å². The summed E-state index contributed by atoms with van der Waals surface area (Å²) in [5.74, 6) is 0.547. The van der Waals surface area contributed by atoms with Crippen molar-refractivity contribution in [3.8, 4) is 0 Å². The molecule has 94 valence electrons. The van der Waals surface area contributed by atoms with Crippen molar-refractivity contribution in [1.82, 2.24) is 9.97 Å². The third-order valence-corrected chi connectivity index (χ3v) is 4.30. The van der Waals surface area contributed by atoms with Gasteiger partial charge >= 0.3 is 0 Å². The van der Waals surface area contributed by atoms with E-state index in [0.29, 0.717) is 11.0 Å². The molecule has 0 unspecified atom stereocenters. The van der Waals surface area contributed by atoms with Crippen LogP contribution in [0.5, 0.6) is 0 Å². The summed E-state index contributed by atoms with van der Waals surface area (Å²) in [5.41, 5.74) is 2.10. The zero-order valence-electron chi connectivity index (χ0n) is 9.87. The van der Waals surface area contributed by atoms with Crippen molar-refractivity contribution >= 4 is 50.9 Å². The van der Waals surface area contributed by atoms with E-state index in [1.54, 1.807) is 6.20 Å². The van der Waals surface area contributed by atoms with Crippen LogP contribution in [0.3, 0.4) is 0 Å². The van der Waals surface area contributed by atoms with Crippen LogP contribution >= 0.6 is 39.3 Å². The van der Waals surface area contributed by atoms with E-state index in [-0.39, 0.29) is 0 Å². The molecule has 0 aliphatic heterocycles. The summed E-state index contributed by atoms with van der Waals surface area (Å²) in [6.07, 6.45) is 3.54. The predicted molar refractivity (Wildman–Crippen MR) is 81.0 cm³/mol. The largest absolute Gasteiger partial charge is 0.324 e. The monoisotopic (exact) mass is 343 g/mol. The van der Waals surface area contributed by atoms with Crippen LogP contribution in [-0.4, -0.2) is 16.2 Å². The number of halogens is 2. The first kappa shape index (κ1) is 13.6. The number of hydrogen-bond acceptors (Lipinski definition) is 4. The van der Waals surface area contributed by atoms with Crippen molar-refractivity contribution in [3.05, 3.63) is 39.5 Å². The Kier molecular flexibility index (Phi) is 4.48. The number of aromatic nitrogens is 2. The van der Waals surface area contributed by atoms with E-state index in [9.17, 15) is 0 Å². The van der Waals surface area contributed by atoms with E-state index in [0.717, 1.165) is 20.7 Å². The quantitative estimate of drug-likeness (QED) is 0.649. The van der Waals surface area contributed by atoms with Crippen LogP contribution in [0.4, 0.5) is 11.6 Å². The standard InChI is InChI=1S/C12H11BrClN3S/c1-7-5-8(3-4-9(7)13)16-12-15-6-10(14)11(17-12)18-2/h3-6H,1-2H3,(H,15,16,17). The smallest absolute Gasteiger partial charge is 0.228 e. The van der Waals surface area contributed by atoms with Crippen molar-refractivity contribution in [2.45, 2.75) is 11.9 Å². The SMILES string of the molecule is CSc1nc(Nc2ccc(Br)c(C)c2)ncc1Cl. The number of rotatable bonds is 3. The van der Waals surface area contributed by atoms with Crippen molar-refractivity contribution < 1.29 is 0 Å². The molecular weight excluding hydrogens is 334 g/mol. The van der Waals surface area contributed by atoms with E-state index < -0.39 is 0 Å². The van der Waals surface area contributed by atoms with Gasteiger partial charge in [-0.25, -0.2) is 9.97 Å². The molecule has 0 aliphatic rings. The number of nitrogens with zero attached hydrogens (tertiary/aromatic N) is 2. The van der Waals surface area contributed by atoms with Gasteiger partial charge in [-0.1, -0.05) is 27.5 Å². The van der Waals surface area contributed by atoms with Gasteiger partial charge in [-0.05, 0) is 36.9 Å². The molecule has 0 amide bonds. The average Bonchev–Trinajstić information content (AvgIpc) is 2.36. The van der Waals surface area contributed by atoms with Gasteiger partial charge < -0.3 is 5.32 Å². The Bertz CT molecular complexity index is 577. The van der Waals surface area contributed by atoms with Crippen LogP contribution < -0.4 is 5.32 Å². The molecule has 1 heterocycles. The Morgan fingerprint density at radius 2 is 2.17 bits per heavy atom. The molecule has 0 radical (unpaired) electrons. The fourth-order valence-corrected chi connectivity index (χ4v) is 2.40. The molecule has 2 rings (SSSR count). The van der Waals surface area contributed by atoms with E-state index in [2.05, 4.69) is 31.2 Å². The van der Waals surface area contributed by atoms with Gasteiger partial charge in [0.15, 0.2) is 0 Å². The highest BCUT2D eigenvalue weighted by Crippen LogP contribution is 2.25. The summed E-state index contributed by atoms with van der Waals surface area (Å²) in [4.78, 5) is 8.49. The van der Waals surface area contributed by atoms with Gasteiger partial charge in [-0.3, -0.25) is 0 Å². The van der Waals surface area contributed by atoms with Gasteiger partial charge in [0.25, 0.3) is 0 Å². The first-order valence-electron chi connectivity index (χ1n) is 5.20. The van der Waals surface area contributed by atoms with Crippen LogP contribution in [0.2, 0.25) is 5.02 Å². The summed E-state index contributed by atoms with van der Waals surface area (Å²) in [6.45, 7) is 2.03. The Balaban J connectivity index is 2.25. The lowest BCUT2D eigenvalue weighted by molar-refractivity contribution is 1.06. The lowest BCUT2D eigenvalue weighted by Crippen LogP contribution is -1.98. The second-order valence-electron chi connectivity index (χ2n) is 3.64. The molecule has 0 spiro atoms. The molecule has 1 aromatic carbocycles. The molecule has 0 atom stereocenters. The summed E-state index contributed by atoms with van der Waals surface area (Å²) >= 11 is 10.9. The Hall–Kier alpha value is -0.780. The molecule has 0 saturated heterocycles. The third kappa shape index (κ3) is 3.16. The van der Waals surface area contributed by atoms with Gasteiger partial charge in [-0.15, -0.1) is 11.8 Å². The molecule has 1 aromatic heterocycles. The molecule has 0 aliphatic carbocycles. The van der Waals surface area contributed by atoms with Crippen molar-refractivity contribution in [3.63, 3.8) is 0 Å². The normalized spacial score (nSPS) is 10.4. The number of hydrogen-bond donors (Lipinski definition) is 1. The first-order chi connectivity index (χ1) is 8.60. The number of aryl methyl sites for hydroxylation is 1. The highest BCUT2D eigenvalue weighted by Gasteiger charge is 2.05. The Morgan fingerprint density at radius 1 is 1.39 bits per heavy atom. The van der Waals surface area contributed by atoms with Gasteiger partial charge in [0.2, 0.25) is 5.95 Å². The highest BCUT2D eigenvalue weighted by molar-refractivity contribution is 9.10. The lowest BCUT2D eigenvalue weighted by atomic mass is 10.2. The molecule has 1 N–H and O–H groups in total. The van der Waals surface area contributed by atoms with Gasteiger partial charge in [-0.2, -0.15) is 0 Å². The van der Waals surface area contributed by atoms with E-state index in [4.69, 9.17) is 11.6 Å². The molecule has 6 heteroatoms.